The van der Waals surface area contributed by atoms with E-state index in [4.69, 9.17) is 4.74 Å². The molecule has 2 aromatic carbocycles. The van der Waals surface area contributed by atoms with E-state index in [-0.39, 0.29) is 28.4 Å². The minimum atomic E-state index is -4.68. The van der Waals surface area contributed by atoms with Crippen LogP contribution in [0.25, 0.3) is 16.7 Å². The Bertz CT molecular complexity index is 1250. The minimum Gasteiger partial charge on any atom is -0.497 e. The molecule has 0 aliphatic rings. The number of ether oxygens (including phenoxy) is 1. The molecule has 1 amide bonds. The lowest BCUT2D eigenvalue weighted by atomic mass is 10.1. The number of anilines is 1. The number of aryl methyl sites for hydroxylation is 1. The minimum absolute atomic E-state index is 0.142. The van der Waals surface area contributed by atoms with Crippen LogP contribution in [-0.4, -0.2) is 27.6 Å². The highest BCUT2D eigenvalue weighted by Gasteiger charge is 2.38. The number of fused-ring (bicyclic) bond motifs is 1. The lowest BCUT2D eigenvalue weighted by Gasteiger charge is -2.12. The van der Waals surface area contributed by atoms with E-state index in [1.54, 1.807) is 18.2 Å². The van der Waals surface area contributed by atoms with Gasteiger partial charge in [-0.05, 0) is 43.3 Å². The SMILES string of the molecule is COc1ccc2c(c1)nc(C(F)(F)F)n2-c1ccc(NC(=O)c2ccc(C)cc2)nc1. The van der Waals surface area contributed by atoms with Crippen molar-refractivity contribution in [2.24, 2.45) is 0 Å². The average Bonchev–Trinajstić information content (AvgIpc) is 3.14. The summed E-state index contributed by atoms with van der Waals surface area (Å²) in [5.74, 6) is -0.822. The highest BCUT2D eigenvalue weighted by molar-refractivity contribution is 6.03. The summed E-state index contributed by atoms with van der Waals surface area (Å²) in [6.07, 6.45) is -3.42. The molecule has 9 heteroatoms. The van der Waals surface area contributed by atoms with E-state index < -0.39 is 12.0 Å². The number of benzene rings is 2. The van der Waals surface area contributed by atoms with Crippen LogP contribution in [0, 0.1) is 6.92 Å². The van der Waals surface area contributed by atoms with Crippen LogP contribution < -0.4 is 10.1 Å². The molecule has 0 atom stereocenters. The van der Waals surface area contributed by atoms with Crippen molar-refractivity contribution in [3.63, 3.8) is 0 Å². The topological polar surface area (TPSA) is 69.0 Å². The molecule has 31 heavy (non-hydrogen) atoms. The number of rotatable bonds is 4. The van der Waals surface area contributed by atoms with Crippen LogP contribution in [0.5, 0.6) is 5.75 Å². The number of carbonyl (C=O) groups is 1. The molecular weight excluding hydrogens is 409 g/mol. The van der Waals surface area contributed by atoms with Gasteiger partial charge in [0.15, 0.2) is 0 Å². The van der Waals surface area contributed by atoms with Crippen LogP contribution in [0.2, 0.25) is 0 Å². The molecule has 1 N–H and O–H groups in total. The molecule has 0 saturated carbocycles. The van der Waals surface area contributed by atoms with E-state index in [0.717, 1.165) is 10.1 Å². The third-order valence-electron chi connectivity index (χ3n) is 4.68. The summed E-state index contributed by atoms with van der Waals surface area (Å²) >= 11 is 0. The number of pyridine rings is 1. The van der Waals surface area contributed by atoms with Gasteiger partial charge in [-0.3, -0.25) is 9.36 Å². The summed E-state index contributed by atoms with van der Waals surface area (Å²) in [7, 11) is 1.43. The number of halogens is 3. The van der Waals surface area contributed by atoms with Crippen molar-refractivity contribution in [3.05, 3.63) is 77.7 Å². The van der Waals surface area contributed by atoms with E-state index in [0.29, 0.717) is 11.3 Å². The fraction of sp³-hybridized carbons (Fsp3) is 0.136. The maximum absolute atomic E-state index is 13.6. The predicted molar refractivity (Wildman–Crippen MR) is 110 cm³/mol. The van der Waals surface area contributed by atoms with Gasteiger partial charge in [-0.25, -0.2) is 9.97 Å². The first-order valence-corrected chi connectivity index (χ1v) is 9.24. The molecule has 4 aromatic rings. The standard InChI is InChI=1S/C22H17F3N4O2/c1-13-3-5-14(6-4-13)20(30)28-19-10-7-15(12-26-19)29-18-9-8-16(31-2)11-17(18)27-21(29)22(23,24)25/h3-12H,1-2H3,(H,26,28,30). The normalized spacial score (nSPS) is 11.5. The number of methoxy groups -OCH3 is 1. The maximum Gasteiger partial charge on any atom is 0.450 e. The molecule has 158 valence electrons. The zero-order valence-electron chi connectivity index (χ0n) is 16.6. The molecule has 0 fully saturated rings. The molecule has 0 aliphatic carbocycles. The molecular formula is C22H17F3N4O2. The van der Waals surface area contributed by atoms with Crippen LogP contribution in [0.15, 0.2) is 60.8 Å². The zero-order chi connectivity index (χ0) is 22.2. The Balaban J connectivity index is 1.68. The molecule has 2 aromatic heterocycles. The third kappa shape index (κ3) is 4.07. The number of hydrogen-bond donors (Lipinski definition) is 1. The van der Waals surface area contributed by atoms with Gasteiger partial charge in [0.1, 0.15) is 11.6 Å². The van der Waals surface area contributed by atoms with Gasteiger partial charge in [-0.2, -0.15) is 13.2 Å². The second-order valence-corrected chi connectivity index (χ2v) is 6.85. The van der Waals surface area contributed by atoms with Gasteiger partial charge in [0.25, 0.3) is 5.91 Å². The number of alkyl halides is 3. The number of hydrogen-bond acceptors (Lipinski definition) is 4. The van der Waals surface area contributed by atoms with Crippen molar-refractivity contribution in [1.29, 1.82) is 0 Å². The number of amides is 1. The first-order chi connectivity index (χ1) is 14.8. The van der Waals surface area contributed by atoms with Crippen LogP contribution in [0.4, 0.5) is 19.0 Å². The smallest absolute Gasteiger partial charge is 0.450 e. The Morgan fingerprint density at radius 2 is 1.81 bits per heavy atom. The summed E-state index contributed by atoms with van der Waals surface area (Å²) in [6.45, 7) is 1.91. The lowest BCUT2D eigenvalue weighted by Crippen LogP contribution is -2.15. The van der Waals surface area contributed by atoms with Crippen LogP contribution >= 0.6 is 0 Å². The van der Waals surface area contributed by atoms with Gasteiger partial charge >= 0.3 is 6.18 Å². The van der Waals surface area contributed by atoms with Crippen LogP contribution in [0.1, 0.15) is 21.7 Å². The van der Waals surface area contributed by atoms with Crippen molar-refractivity contribution >= 4 is 22.8 Å². The van der Waals surface area contributed by atoms with Crippen LogP contribution in [0.3, 0.4) is 0 Å². The summed E-state index contributed by atoms with van der Waals surface area (Å²) in [5, 5.41) is 2.63. The summed E-state index contributed by atoms with van der Waals surface area (Å²) < 4.78 is 46.9. The van der Waals surface area contributed by atoms with E-state index in [2.05, 4.69) is 15.3 Å². The van der Waals surface area contributed by atoms with E-state index in [1.165, 1.54) is 37.6 Å². The molecule has 0 bridgehead atoms. The Kier molecular flexibility index (Phi) is 5.10. The van der Waals surface area contributed by atoms with Gasteiger partial charge in [0, 0.05) is 11.6 Å². The Morgan fingerprint density at radius 3 is 2.42 bits per heavy atom. The van der Waals surface area contributed by atoms with Crippen molar-refractivity contribution in [3.8, 4) is 11.4 Å². The van der Waals surface area contributed by atoms with Gasteiger partial charge in [-0.15, -0.1) is 0 Å². The molecule has 0 spiro atoms. The predicted octanol–water partition coefficient (Wildman–Crippen LogP) is 5.01. The van der Waals surface area contributed by atoms with Crippen molar-refractivity contribution < 1.29 is 22.7 Å². The van der Waals surface area contributed by atoms with Crippen molar-refractivity contribution in [2.45, 2.75) is 13.1 Å². The van der Waals surface area contributed by atoms with E-state index in [1.807, 2.05) is 19.1 Å². The largest absolute Gasteiger partial charge is 0.497 e. The summed E-state index contributed by atoms with van der Waals surface area (Å²) in [6, 6.07) is 14.4. The monoisotopic (exact) mass is 426 g/mol. The third-order valence-corrected chi connectivity index (χ3v) is 4.68. The molecule has 0 radical (unpaired) electrons. The second kappa shape index (κ2) is 7.75. The second-order valence-electron chi connectivity index (χ2n) is 6.85. The number of nitrogens with zero attached hydrogens (tertiary/aromatic N) is 3. The van der Waals surface area contributed by atoms with Crippen molar-refractivity contribution in [2.75, 3.05) is 12.4 Å². The molecule has 0 saturated heterocycles. The number of carbonyl (C=O) groups excluding carboxylic acids is 1. The highest BCUT2D eigenvalue weighted by Crippen LogP contribution is 2.34. The fourth-order valence-electron chi connectivity index (χ4n) is 3.12. The molecule has 4 rings (SSSR count). The number of imidazole rings is 1. The molecule has 0 unspecified atom stereocenters. The van der Waals surface area contributed by atoms with Gasteiger partial charge in [-0.1, -0.05) is 17.7 Å². The van der Waals surface area contributed by atoms with Gasteiger partial charge in [0.05, 0.1) is 30.0 Å². The quantitative estimate of drug-likeness (QED) is 0.498. The number of aromatic nitrogens is 3. The van der Waals surface area contributed by atoms with Gasteiger partial charge in [0.2, 0.25) is 5.82 Å². The maximum atomic E-state index is 13.6. The zero-order valence-corrected chi connectivity index (χ0v) is 16.6. The fourth-order valence-corrected chi connectivity index (χ4v) is 3.12. The molecule has 2 heterocycles. The lowest BCUT2D eigenvalue weighted by molar-refractivity contribution is -0.145. The Labute approximate surface area is 175 Å². The van der Waals surface area contributed by atoms with Crippen molar-refractivity contribution in [1.82, 2.24) is 14.5 Å². The first-order valence-electron chi connectivity index (χ1n) is 9.24. The summed E-state index contributed by atoms with van der Waals surface area (Å²) in [4.78, 5) is 20.2. The van der Waals surface area contributed by atoms with E-state index in [9.17, 15) is 18.0 Å². The average molecular weight is 426 g/mol. The number of nitrogens with one attached hydrogen (secondary N) is 1. The Morgan fingerprint density at radius 1 is 1.06 bits per heavy atom. The summed E-state index contributed by atoms with van der Waals surface area (Å²) in [5.41, 5.74) is 2.03. The van der Waals surface area contributed by atoms with Gasteiger partial charge < -0.3 is 10.1 Å². The van der Waals surface area contributed by atoms with Crippen LogP contribution in [-0.2, 0) is 6.18 Å². The molecule has 0 aliphatic heterocycles. The Hall–Kier alpha value is -3.88. The van der Waals surface area contributed by atoms with E-state index >= 15 is 0 Å². The highest BCUT2D eigenvalue weighted by atomic mass is 19.4. The first kappa shape index (κ1) is 20.4. The molecule has 6 nitrogen and oxygen atoms in total.